The molecule has 0 spiro atoms. The van der Waals surface area contributed by atoms with Crippen molar-refractivity contribution < 1.29 is 9.47 Å². The van der Waals surface area contributed by atoms with Gasteiger partial charge in [-0.3, -0.25) is 10.4 Å². The van der Waals surface area contributed by atoms with Crippen molar-refractivity contribution in [1.29, 1.82) is 0 Å². The zero-order chi connectivity index (χ0) is 22.9. The van der Waals surface area contributed by atoms with Gasteiger partial charge in [-0.05, 0) is 47.5 Å². The molecule has 0 unspecified atom stereocenters. The molecule has 0 saturated heterocycles. The predicted molar refractivity (Wildman–Crippen MR) is 133 cm³/mol. The van der Waals surface area contributed by atoms with Gasteiger partial charge in [0.15, 0.2) is 0 Å². The Morgan fingerprint density at radius 3 is 2.21 bits per heavy atom. The van der Waals surface area contributed by atoms with E-state index in [-0.39, 0.29) is 0 Å². The summed E-state index contributed by atoms with van der Waals surface area (Å²) in [7, 11) is 1.73. The number of nitrogens with one attached hydrogen (secondary N) is 1. The summed E-state index contributed by atoms with van der Waals surface area (Å²) >= 11 is 0. The van der Waals surface area contributed by atoms with E-state index < -0.39 is 0 Å². The topological polar surface area (TPSA) is 68.1 Å². The highest BCUT2D eigenvalue weighted by atomic mass is 16.5. The molecule has 1 N–H and O–H groups in total. The first kappa shape index (κ1) is 22.0. The third-order valence-corrected chi connectivity index (χ3v) is 5.22. The number of aromatic nitrogens is 1. The number of hydrogen-bond donors (Lipinski definition) is 1. The van der Waals surface area contributed by atoms with Crippen molar-refractivity contribution in [2.45, 2.75) is 19.6 Å². The molecule has 6 heteroatoms. The number of nitrogens with zero attached hydrogens (tertiary/aromatic N) is 3. The Bertz CT molecular complexity index is 1250. The zero-order valence-corrected chi connectivity index (χ0v) is 18.6. The first-order valence-corrected chi connectivity index (χ1v) is 10.7. The Labute approximate surface area is 193 Å². The van der Waals surface area contributed by atoms with Crippen LogP contribution < -0.4 is 14.9 Å². The summed E-state index contributed by atoms with van der Waals surface area (Å²) in [5.41, 5.74) is 6.90. The fourth-order valence-corrected chi connectivity index (χ4v) is 3.45. The summed E-state index contributed by atoms with van der Waals surface area (Å²) in [5.74, 6) is 2.29. The minimum absolute atomic E-state index is 0.410. The number of fused-ring (bicyclic) bond motifs is 1. The zero-order valence-electron chi connectivity index (χ0n) is 18.6. The molecule has 1 heterocycles. The Morgan fingerprint density at radius 2 is 1.48 bits per heavy atom. The molecule has 0 fully saturated rings. The summed E-state index contributed by atoms with van der Waals surface area (Å²) in [6.07, 6.45) is 0.630. The average Bonchev–Trinajstić information content (AvgIpc) is 2.87. The molecule has 0 aliphatic carbocycles. The van der Waals surface area contributed by atoms with Gasteiger partial charge in [0.05, 0.1) is 11.2 Å². The number of ether oxygens (including phenoxy) is 2. The number of benzene rings is 3. The molecular weight excluding hydrogens is 412 g/mol. The van der Waals surface area contributed by atoms with Gasteiger partial charge in [-0.1, -0.05) is 48.5 Å². The van der Waals surface area contributed by atoms with Crippen LogP contribution in [0.15, 0.2) is 95.0 Å². The van der Waals surface area contributed by atoms with Crippen molar-refractivity contribution in [2.75, 3.05) is 7.05 Å². The molecule has 1 aromatic heterocycles. The maximum Gasteiger partial charge on any atom is 0.130 e. The van der Waals surface area contributed by atoms with Crippen molar-refractivity contribution in [1.82, 2.24) is 10.4 Å². The molecular formula is C27H26N4O2. The van der Waals surface area contributed by atoms with E-state index >= 15 is 0 Å². The Balaban J connectivity index is 1.34. The molecule has 0 saturated carbocycles. The van der Waals surface area contributed by atoms with Crippen LogP contribution in [0, 0.1) is 0 Å². The molecule has 0 aliphatic rings. The van der Waals surface area contributed by atoms with Crippen LogP contribution in [-0.2, 0) is 19.6 Å². The van der Waals surface area contributed by atoms with Gasteiger partial charge >= 0.3 is 0 Å². The lowest BCUT2D eigenvalue weighted by Crippen LogP contribution is -2.20. The van der Waals surface area contributed by atoms with Crippen molar-refractivity contribution in [3.05, 3.63) is 102 Å². The Hall–Kier alpha value is -4.19. The molecule has 3 aromatic carbocycles. The van der Waals surface area contributed by atoms with Gasteiger partial charge in [0.25, 0.3) is 0 Å². The second kappa shape index (κ2) is 10.9. The van der Waals surface area contributed by atoms with Crippen molar-refractivity contribution in [2.24, 2.45) is 10.1 Å². The largest absolute Gasteiger partial charge is 0.489 e. The van der Waals surface area contributed by atoms with Gasteiger partial charge < -0.3 is 9.47 Å². The maximum absolute atomic E-state index is 6.01. The second-order valence-corrected chi connectivity index (χ2v) is 7.43. The number of hydrazone groups is 1. The number of rotatable bonds is 9. The fourth-order valence-electron chi connectivity index (χ4n) is 3.45. The highest BCUT2D eigenvalue weighted by Crippen LogP contribution is 2.21. The Kier molecular flexibility index (Phi) is 7.28. The summed E-state index contributed by atoms with van der Waals surface area (Å²) in [6.45, 7) is 4.32. The first-order valence-electron chi connectivity index (χ1n) is 10.7. The van der Waals surface area contributed by atoms with Crippen LogP contribution in [0.4, 0.5) is 0 Å². The lowest BCUT2D eigenvalue weighted by atomic mass is 10.0. The molecule has 0 atom stereocenters. The van der Waals surface area contributed by atoms with E-state index in [0.29, 0.717) is 19.6 Å². The quantitative estimate of drug-likeness (QED) is 0.222. The second-order valence-electron chi connectivity index (χ2n) is 7.43. The SMILES string of the molecule is C=NNC(Cc1ccccc1COc1ccc(OCc2ccc3ccccc3n2)cc1)=NC. The van der Waals surface area contributed by atoms with Gasteiger partial charge in [0.2, 0.25) is 0 Å². The van der Waals surface area contributed by atoms with Crippen molar-refractivity contribution in [3.63, 3.8) is 0 Å². The summed E-state index contributed by atoms with van der Waals surface area (Å²) in [5, 5.41) is 4.83. The van der Waals surface area contributed by atoms with Crippen LogP contribution in [-0.4, -0.2) is 24.6 Å². The number of para-hydroxylation sites is 1. The lowest BCUT2D eigenvalue weighted by molar-refractivity contribution is 0.294. The number of pyridine rings is 1. The lowest BCUT2D eigenvalue weighted by Gasteiger charge is -2.12. The van der Waals surface area contributed by atoms with Crippen molar-refractivity contribution in [3.8, 4) is 11.5 Å². The molecule has 0 amide bonds. The third-order valence-electron chi connectivity index (χ3n) is 5.22. The van der Waals surface area contributed by atoms with E-state index in [1.54, 1.807) is 7.05 Å². The molecule has 4 aromatic rings. The van der Waals surface area contributed by atoms with E-state index in [1.807, 2.05) is 60.7 Å². The molecule has 6 nitrogen and oxygen atoms in total. The Morgan fingerprint density at radius 1 is 0.818 bits per heavy atom. The monoisotopic (exact) mass is 438 g/mol. The highest BCUT2D eigenvalue weighted by molar-refractivity contribution is 5.84. The molecule has 33 heavy (non-hydrogen) atoms. The van der Waals surface area contributed by atoms with Gasteiger partial charge in [-0.2, -0.15) is 5.10 Å². The summed E-state index contributed by atoms with van der Waals surface area (Å²) in [4.78, 5) is 8.85. The molecule has 166 valence electrons. The van der Waals surface area contributed by atoms with E-state index in [0.717, 1.165) is 45.1 Å². The smallest absolute Gasteiger partial charge is 0.130 e. The number of amidine groups is 1. The standard InChI is InChI=1S/C27H26N4O2/c1-28-27(31-29-2)17-21-8-3-4-9-22(21)18-32-24-13-15-25(16-14-24)33-19-23-12-11-20-7-5-6-10-26(20)30-23/h3-16H,2,17-19H2,1H3,(H,28,31). The van der Waals surface area contributed by atoms with Gasteiger partial charge in [0, 0.05) is 25.6 Å². The van der Waals surface area contributed by atoms with Gasteiger partial charge in [-0.25, -0.2) is 4.98 Å². The summed E-state index contributed by atoms with van der Waals surface area (Å²) < 4.78 is 11.9. The molecule has 4 rings (SSSR count). The predicted octanol–water partition coefficient (Wildman–Crippen LogP) is 5.17. The third kappa shape index (κ3) is 5.95. The van der Waals surface area contributed by atoms with E-state index in [2.05, 4.69) is 51.5 Å². The number of aliphatic imine (C=N–C) groups is 1. The van der Waals surface area contributed by atoms with Crippen molar-refractivity contribution >= 4 is 23.5 Å². The van der Waals surface area contributed by atoms with Crippen LogP contribution in [0.5, 0.6) is 11.5 Å². The van der Waals surface area contributed by atoms with E-state index in [9.17, 15) is 0 Å². The normalized spacial score (nSPS) is 11.2. The van der Waals surface area contributed by atoms with Crippen LogP contribution in [0.2, 0.25) is 0 Å². The van der Waals surface area contributed by atoms with Gasteiger partial charge in [0.1, 0.15) is 30.5 Å². The fraction of sp³-hybridized carbons (Fsp3) is 0.148. The molecule has 0 radical (unpaired) electrons. The molecule has 0 aliphatic heterocycles. The maximum atomic E-state index is 6.01. The van der Waals surface area contributed by atoms with Crippen LogP contribution in [0.25, 0.3) is 10.9 Å². The highest BCUT2D eigenvalue weighted by Gasteiger charge is 2.07. The minimum atomic E-state index is 0.410. The van der Waals surface area contributed by atoms with Gasteiger partial charge in [-0.15, -0.1) is 0 Å². The van der Waals surface area contributed by atoms with E-state index in [1.165, 1.54) is 0 Å². The molecule has 0 bridgehead atoms. The van der Waals surface area contributed by atoms with Crippen LogP contribution >= 0.6 is 0 Å². The van der Waals surface area contributed by atoms with Crippen LogP contribution in [0.1, 0.15) is 16.8 Å². The first-order chi connectivity index (χ1) is 16.2. The summed E-state index contributed by atoms with van der Waals surface area (Å²) in [6, 6.07) is 27.9. The van der Waals surface area contributed by atoms with E-state index in [4.69, 9.17) is 9.47 Å². The average molecular weight is 439 g/mol. The number of hydrogen-bond acceptors (Lipinski definition) is 5. The minimum Gasteiger partial charge on any atom is -0.489 e. The van der Waals surface area contributed by atoms with Crippen LogP contribution in [0.3, 0.4) is 0 Å².